The number of fused-ring (bicyclic) bond motifs is 1. The first-order valence-corrected chi connectivity index (χ1v) is 8.17. The summed E-state index contributed by atoms with van der Waals surface area (Å²) in [6.45, 7) is 5.93. The van der Waals surface area contributed by atoms with Crippen LogP contribution in [-0.4, -0.2) is 53.8 Å². The van der Waals surface area contributed by atoms with Crippen molar-refractivity contribution in [2.45, 2.75) is 13.2 Å². The molecular weight excluding hydrogens is 320 g/mol. The van der Waals surface area contributed by atoms with Crippen molar-refractivity contribution in [3.63, 3.8) is 0 Å². The fourth-order valence-corrected chi connectivity index (χ4v) is 3.28. The van der Waals surface area contributed by atoms with Gasteiger partial charge < -0.3 is 9.64 Å². The number of carbonyl (C=O) groups excluding carboxylic acids is 1. The van der Waals surface area contributed by atoms with E-state index in [9.17, 15) is 4.79 Å². The molecule has 2 heterocycles. The van der Waals surface area contributed by atoms with E-state index >= 15 is 0 Å². The second-order valence-corrected chi connectivity index (χ2v) is 6.09. The van der Waals surface area contributed by atoms with Crippen LogP contribution in [0.1, 0.15) is 21.5 Å². The fourth-order valence-electron chi connectivity index (χ4n) is 2.78. The highest BCUT2D eigenvalue weighted by Crippen LogP contribution is 2.21. The van der Waals surface area contributed by atoms with Gasteiger partial charge in [-0.3, -0.25) is 9.69 Å². The molecule has 0 atom stereocenters. The van der Waals surface area contributed by atoms with Gasteiger partial charge >= 0.3 is 0 Å². The molecule has 20 heavy (non-hydrogen) atoms. The van der Waals surface area contributed by atoms with Crippen molar-refractivity contribution >= 4 is 21.8 Å². The Morgan fingerprint density at radius 3 is 2.65 bits per heavy atom. The SMILES string of the molecule is O=C(c1ccc2c(c1)COC2)N1CCN(CCBr)CC1. The Morgan fingerprint density at radius 1 is 1.15 bits per heavy atom. The zero-order valence-corrected chi connectivity index (χ0v) is 13.1. The number of benzene rings is 1. The lowest BCUT2D eigenvalue weighted by atomic mass is 10.1. The molecule has 0 aromatic heterocycles. The number of piperazine rings is 1. The van der Waals surface area contributed by atoms with E-state index in [0.29, 0.717) is 13.2 Å². The van der Waals surface area contributed by atoms with Gasteiger partial charge in [0.1, 0.15) is 0 Å². The van der Waals surface area contributed by atoms with E-state index in [1.54, 1.807) is 0 Å². The quantitative estimate of drug-likeness (QED) is 0.789. The number of alkyl halides is 1. The molecule has 1 aromatic rings. The number of amides is 1. The lowest BCUT2D eigenvalue weighted by Gasteiger charge is -2.34. The van der Waals surface area contributed by atoms with Gasteiger partial charge in [0.05, 0.1) is 13.2 Å². The topological polar surface area (TPSA) is 32.8 Å². The molecular formula is C15H19BrN2O2. The maximum atomic E-state index is 12.5. The molecule has 108 valence electrons. The summed E-state index contributed by atoms with van der Waals surface area (Å²) in [6.07, 6.45) is 0. The van der Waals surface area contributed by atoms with E-state index < -0.39 is 0 Å². The van der Waals surface area contributed by atoms with E-state index in [2.05, 4.69) is 20.8 Å². The minimum Gasteiger partial charge on any atom is -0.372 e. The number of nitrogens with zero attached hydrogens (tertiary/aromatic N) is 2. The fraction of sp³-hybridized carbons (Fsp3) is 0.533. The minimum absolute atomic E-state index is 0.151. The predicted molar refractivity (Wildman–Crippen MR) is 81.1 cm³/mol. The Labute approximate surface area is 127 Å². The third-order valence-electron chi connectivity index (χ3n) is 4.03. The maximum absolute atomic E-state index is 12.5. The average Bonchev–Trinajstić information content (AvgIpc) is 2.95. The molecule has 0 unspecified atom stereocenters. The Hall–Kier alpha value is -0.910. The van der Waals surface area contributed by atoms with Crippen molar-refractivity contribution in [3.05, 3.63) is 34.9 Å². The van der Waals surface area contributed by atoms with E-state index in [0.717, 1.165) is 49.2 Å². The molecule has 0 saturated carbocycles. The summed E-state index contributed by atoms with van der Waals surface area (Å²) >= 11 is 3.46. The summed E-state index contributed by atoms with van der Waals surface area (Å²) in [6, 6.07) is 5.95. The van der Waals surface area contributed by atoms with E-state index in [1.165, 1.54) is 5.56 Å². The third-order valence-corrected chi connectivity index (χ3v) is 4.38. The Morgan fingerprint density at radius 2 is 1.90 bits per heavy atom. The Balaban J connectivity index is 1.65. The van der Waals surface area contributed by atoms with Gasteiger partial charge in [0, 0.05) is 43.6 Å². The number of hydrogen-bond donors (Lipinski definition) is 0. The zero-order valence-electron chi connectivity index (χ0n) is 11.5. The Bertz CT molecular complexity index is 499. The third kappa shape index (κ3) is 2.90. The van der Waals surface area contributed by atoms with Crippen LogP contribution in [0.5, 0.6) is 0 Å². The molecule has 1 fully saturated rings. The molecule has 4 nitrogen and oxygen atoms in total. The number of carbonyl (C=O) groups is 1. The summed E-state index contributed by atoms with van der Waals surface area (Å²) in [5.74, 6) is 0.151. The van der Waals surface area contributed by atoms with Crippen LogP contribution in [0.25, 0.3) is 0 Å². The van der Waals surface area contributed by atoms with Gasteiger partial charge in [0.25, 0.3) is 5.91 Å². The van der Waals surface area contributed by atoms with Gasteiger partial charge in [-0.25, -0.2) is 0 Å². The highest BCUT2D eigenvalue weighted by atomic mass is 79.9. The maximum Gasteiger partial charge on any atom is 0.253 e. The zero-order chi connectivity index (χ0) is 13.9. The monoisotopic (exact) mass is 338 g/mol. The minimum atomic E-state index is 0.151. The van der Waals surface area contributed by atoms with Crippen LogP contribution in [0.15, 0.2) is 18.2 Å². The second-order valence-electron chi connectivity index (χ2n) is 5.30. The molecule has 0 radical (unpaired) electrons. The van der Waals surface area contributed by atoms with Crippen molar-refractivity contribution in [3.8, 4) is 0 Å². The number of halogens is 1. The van der Waals surface area contributed by atoms with Crippen molar-refractivity contribution in [1.82, 2.24) is 9.80 Å². The lowest BCUT2D eigenvalue weighted by Crippen LogP contribution is -2.49. The average molecular weight is 339 g/mol. The molecule has 0 spiro atoms. The molecule has 1 saturated heterocycles. The van der Waals surface area contributed by atoms with Crippen molar-refractivity contribution in [1.29, 1.82) is 0 Å². The van der Waals surface area contributed by atoms with Crippen LogP contribution < -0.4 is 0 Å². The lowest BCUT2D eigenvalue weighted by molar-refractivity contribution is 0.0645. The van der Waals surface area contributed by atoms with Gasteiger partial charge in [-0.1, -0.05) is 22.0 Å². The Kier molecular flexibility index (Phi) is 4.38. The van der Waals surface area contributed by atoms with Crippen molar-refractivity contribution in [2.24, 2.45) is 0 Å². The van der Waals surface area contributed by atoms with E-state index in [1.807, 2.05) is 23.1 Å². The molecule has 2 aliphatic heterocycles. The molecule has 1 amide bonds. The highest BCUT2D eigenvalue weighted by Gasteiger charge is 2.23. The van der Waals surface area contributed by atoms with E-state index in [-0.39, 0.29) is 5.91 Å². The van der Waals surface area contributed by atoms with Crippen LogP contribution in [0, 0.1) is 0 Å². The molecule has 3 rings (SSSR count). The standard InChI is InChI=1S/C15H19BrN2O2/c16-3-4-17-5-7-18(8-6-17)15(19)12-1-2-13-10-20-11-14(13)9-12/h1-2,9H,3-8,10-11H2. The van der Waals surface area contributed by atoms with Gasteiger partial charge in [-0.05, 0) is 23.3 Å². The summed E-state index contributed by atoms with van der Waals surface area (Å²) in [7, 11) is 0. The first kappa shape index (κ1) is 14.0. The van der Waals surface area contributed by atoms with Gasteiger partial charge in [0.15, 0.2) is 0 Å². The number of hydrogen-bond acceptors (Lipinski definition) is 3. The first-order chi connectivity index (χ1) is 9.78. The normalized spacial score (nSPS) is 19.1. The number of ether oxygens (including phenoxy) is 1. The molecule has 1 aromatic carbocycles. The van der Waals surface area contributed by atoms with Crippen molar-refractivity contribution < 1.29 is 9.53 Å². The smallest absolute Gasteiger partial charge is 0.253 e. The van der Waals surface area contributed by atoms with Crippen LogP contribution >= 0.6 is 15.9 Å². The highest BCUT2D eigenvalue weighted by molar-refractivity contribution is 9.09. The predicted octanol–water partition coefficient (Wildman–Crippen LogP) is 1.87. The van der Waals surface area contributed by atoms with Gasteiger partial charge in [-0.2, -0.15) is 0 Å². The largest absolute Gasteiger partial charge is 0.372 e. The van der Waals surface area contributed by atoms with Crippen LogP contribution in [-0.2, 0) is 18.0 Å². The van der Waals surface area contributed by atoms with E-state index in [4.69, 9.17) is 4.74 Å². The van der Waals surface area contributed by atoms with Crippen LogP contribution in [0.2, 0.25) is 0 Å². The molecule has 0 aliphatic carbocycles. The molecule has 0 bridgehead atoms. The van der Waals surface area contributed by atoms with Crippen LogP contribution in [0.3, 0.4) is 0 Å². The van der Waals surface area contributed by atoms with Crippen molar-refractivity contribution in [2.75, 3.05) is 38.1 Å². The van der Waals surface area contributed by atoms with Gasteiger partial charge in [0.2, 0.25) is 0 Å². The first-order valence-electron chi connectivity index (χ1n) is 7.05. The molecule has 2 aliphatic rings. The summed E-state index contributed by atoms with van der Waals surface area (Å²) in [4.78, 5) is 16.9. The summed E-state index contributed by atoms with van der Waals surface area (Å²) < 4.78 is 5.40. The van der Waals surface area contributed by atoms with Crippen LogP contribution in [0.4, 0.5) is 0 Å². The molecule has 0 N–H and O–H groups in total. The summed E-state index contributed by atoms with van der Waals surface area (Å²) in [5, 5.41) is 0.992. The number of rotatable bonds is 3. The van der Waals surface area contributed by atoms with Gasteiger partial charge in [-0.15, -0.1) is 0 Å². The summed E-state index contributed by atoms with van der Waals surface area (Å²) in [5.41, 5.74) is 3.17. The molecule has 5 heteroatoms. The second kappa shape index (κ2) is 6.24.